The highest BCUT2D eigenvalue weighted by Crippen LogP contribution is 2.12. The lowest BCUT2D eigenvalue weighted by molar-refractivity contribution is -0.144. The van der Waals surface area contributed by atoms with E-state index in [1.165, 1.54) is 4.90 Å². The van der Waals surface area contributed by atoms with Crippen molar-refractivity contribution in [2.45, 2.75) is 19.9 Å². The molecule has 0 saturated carbocycles. The number of carbonyl (C=O) groups is 3. The first kappa shape index (κ1) is 15.1. The first-order chi connectivity index (χ1) is 8.82. The van der Waals surface area contributed by atoms with E-state index < -0.39 is 24.2 Å². The maximum atomic E-state index is 11.7. The van der Waals surface area contributed by atoms with Crippen molar-refractivity contribution in [3.8, 4) is 0 Å². The maximum Gasteiger partial charge on any atom is 0.409 e. The molecule has 1 heterocycles. The van der Waals surface area contributed by atoms with E-state index in [0.717, 1.165) is 4.90 Å². The second-order valence-corrected chi connectivity index (χ2v) is 4.75. The molecule has 108 valence electrons. The fraction of sp³-hybridized carbons (Fsp3) is 0.727. The first-order valence-electron chi connectivity index (χ1n) is 5.97. The van der Waals surface area contributed by atoms with E-state index in [4.69, 9.17) is 14.9 Å². The van der Waals surface area contributed by atoms with Crippen LogP contribution in [0.4, 0.5) is 9.59 Å². The summed E-state index contributed by atoms with van der Waals surface area (Å²) >= 11 is 0. The molecule has 0 radical (unpaired) electrons. The molecule has 0 spiro atoms. The molecule has 0 aromatic carbocycles. The monoisotopic (exact) mass is 274 g/mol. The molecule has 8 nitrogen and oxygen atoms in total. The maximum absolute atomic E-state index is 11.7. The van der Waals surface area contributed by atoms with E-state index in [-0.39, 0.29) is 32.2 Å². The van der Waals surface area contributed by atoms with Gasteiger partial charge in [0, 0.05) is 13.1 Å². The van der Waals surface area contributed by atoms with Gasteiger partial charge in [0.25, 0.3) is 0 Å². The zero-order valence-corrected chi connectivity index (χ0v) is 10.9. The van der Waals surface area contributed by atoms with Gasteiger partial charge in [-0.05, 0) is 5.92 Å². The van der Waals surface area contributed by atoms with Crippen LogP contribution >= 0.6 is 0 Å². The van der Waals surface area contributed by atoms with Crippen molar-refractivity contribution in [2.75, 3.05) is 26.2 Å². The van der Waals surface area contributed by atoms with Crippen LogP contribution in [0.3, 0.4) is 0 Å². The third-order valence-electron chi connectivity index (χ3n) is 2.71. The second kappa shape index (κ2) is 6.26. The molecule has 1 aliphatic heterocycles. The minimum atomic E-state index is -1.30. The number of carboxylic acids is 1. The minimum Gasteiger partial charge on any atom is -0.480 e. The van der Waals surface area contributed by atoms with Crippen molar-refractivity contribution in [3.05, 3.63) is 0 Å². The number of carboxylic acid groups (broad SMARTS) is 2. The molecular weight excluding hydrogens is 256 g/mol. The molecule has 0 aromatic rings. The van der Waals surface area contributed by atoms with Crippen LogP contribution in [0.5, 0.6) is 0 Å². The van der Waals surface area contributed by atoms with Crippen molar-refractivity contribution in [1.29, 1.82) is 0 Å². The first-order valence-corrected chi connectivity index (χ1v) is 5.97. The number of hydrogen-bond acceptors (Lipinski definition) is 4. The van der Waals surface area contributed by atoms with Gasteiger partial charge in [0.2, 0.25) is 0 Å². The topological polar surface area (TPSA) is 107 Å². The van der Waals surface area contributed by atoms with Gasteiger partial charge in [0.15, 0.2) is 6.04 Å². The van der Waals surface area contributed by atoms with Crippen LogP contribution in [0.1, 0.15) is 13.8 Å². The van der Waals surface area contributed by atoms with Crippen LogP contribution in [0, 0.1) is 5.92 Å². The number of nitrogens with zero attached hydrogens (tertiary/aromatic N) is 2. The molecular formula is C11H18N2O6. The molecule has 1 saturated heterocycles. The van der Waals surface area contributed by atoms with Crippen LogP contribution in [0.15, 0.2) is 0 Å². The van der Waals surface area contributed by atoms with Gasteiger partial charge in [-0.15, -0.1) is 0 Å². The summed E-state index contributed by atoms with van der Waals surface area (Å²) in [6, 6.07) is -1.25. The quantitative estimate of drug-likeness (QED) is 0.777. The van der Waals surface area contributed by atoms with Gasteiger partial charge in [0.1, 0.15) is 0 Å². The predicted molar refractivity (Wildman–Crippen MR) is 63.9 cm³/mol. The number of ether oxygens (including phenoxy) is 1. The number of hydrogen-bond donors (Lipinski definition) is 2. The zero-order chi connectivity index (χ0) is 14.6. The van der Waals surface area contributed by atoms with Crippen molar-refractivity contribution in [2.24, 2.45) is 5.92 Å². The van der Waals surface area contributed by atoms with Gasteiger partial charge < -0.3 is 19.8 Å². The van der Waals surface area contributed by atoms with Gasteiger partial charge in [-0.2, -0.15) is 0 Å². The van der Waals surface area contributed by atoms with E-state index >= 15 is 0 Å². The molecule has 0 aromatic heterocycles. The fourth-order valence-electron chi connectivity index (χ4n) is 1.72. The van der Waals surface area contributed by atoms with Gasteiger partial charge in [-0.3, -0.25) is 4.90 Å². The summed E-state index contributed by atoms with van der Waals surface area (Å²) in [7, 11) is 0. The molecule has 1 fully saturated rings. The smallest absolute Gasteiger partial charge is 0.409 e. The third kappa shape index (κ3) is 4.01. The number of piperazine rings is 1. The van der Waals surface area contributed by atoms with E-state index in [1.807, 2.05) is 13.8 Å². The zero-order valence-electron chi connectivity index (χ0n) is 10.9. The summed E-state index contributed by atoms with van der Waals surface area (Å²) in [4.78, 5) is 35.6. The Morgan fingerprint density at radius 2 is 1.89 bits per heavy atom. The van der Waals surface area contributed by atoms with Crippen molar-refractivity contribution in [1.82, 2.24) is 9.80 Å². The van der Waals surface area contributed by atoms with Crippen LogP contribution in [0.25, 0.3) is 0 Å². The number of carbonyl (C=O) groups excluding carboxylic acids is 1. The molecule has 1 unspecified atom stereocenters. The molecule has 1 aliphatic rings. The summed E-state index contributed by atoms with van der Waals surface area (Å²) in [5.41, 5.74) is 0. The van der Waals surface area contributed by atoms with E-state index in [2.05, 4.69) is 0 Å². The average Bonchev–Trinajstić information content (AvgIpc) is 2.34. The number of rotatable bonds is 3. The molecule has 1 rings (SSSR count). The van der Waals surface area contributed by atoms with Crippen LogP contribution in [-0.2, 0) is 9.53 Å². The Labute approximate surface area is 110 Å². The van der Waals surface area contributed by atoms with E-state index in [9.17, 15) is 14.4 Å². The summed E-state index contributed by atoms with van der Waals surface area (Å²) in [6.07, 6.45) is -1.91. The predicted octanol–water partition coefficient (Wildman–Crippen LogP) is 0.528. The summed E-state index contributed by atoms with van der Waals surface area (Å²) < 4.78 is 4.99. The highest BCUT2D eigenvalue weighted by atomic mass is 16.6. The Balaban J connectivity index is 2.63. The molecule has 8 heteroatoms. The molecule has 0 aliphatic carbocycles. The van der Waals surface area contributed by atoms with Crippen molar-refractivity contribution < 1.29 is 29.3 Å². The lowest BCUT2D eigenvalue weighted by atomic mass is 10.2. The lowest BCUT2D eigenvalue weighted by Gasteiger charge is -2.37. The third-order valence-corrected chi connectivity index (χ3v) is 2.71. The van der Waals surface area contributed by atoms with Crippen molar-refractivity contribution in [3.63, 3.8) is 0 Å². The fourth-order valence-corrected chi connectivity index (χ4v) is 1.72. The Morgan fingerprint density at radius 1 is 1.26 bits per heavy atom. The largest absolute Gasteiger partial charge is 0.480 e. The Kier molecular flexibility index (Phi) is 4.96. The Bertz CT molecular complexity index is 370. The number of aliphatic carboxylic acids is 1. The highest BCUT2D eigenvalue weighted by Gasteiger charge is 2.37. The van der Waals surface area contributed by atoms with E-state index in [0.29, 0.717) is 0 Å². The number of amides is 2. The minimum absolute atomic E-state index is 0.0386. The van der Waals surface area contributed by atoms with Crippen LogP contribution in [0.2, 0.25) is 0 Å². The van der Waals surface area contributed by atoms with E-state index in [1.54, 1.807) is 0 Å². The molecule has 1 atom stereocenters. The summed E-state index contributed by atoms with van der Waals surface area (Å²) in [6.45, 7) is 3.91. The lowest BCUT2D eigenvalue weighted by Crippen LogP contribution is -2.59. The molecule has 19 heavy (non-hydrogen) atoms. The summed E-state index contributed by atoms with van der Waals surface area (Å²) in [5, 5.41) is 17.9. The average molecular weight is 274 g/mol. The normalized spacial score (nSPS) is 19.4. The molecule has 2 N–H and O–H groups in total. The van der Waals surface area contributed by atoms with Gasteiger partial charge in [-0.1, -0.05) is 13.8 Å². The van der Waals surface area contributed by atoms with Gasteiger partial charge in [-0.25, -0.2) is 14.4 Å². The van der Waals surface area contributed by atoms with Gasteiger partial charge in [0.05, 0.1) is 13.2 Å². The van der Waals surface area contributed by atoms with Gasteiger partial charge >= 0.3 is 18.2 Å². The molecule has 0 bridgehead atoms. The Morgan fingerprint density at radius 3 is 2.37 bits per heavy atom. The van der Waals surface area contributed by atoms with Crippen LogP contribution < -0.4 is 0 Å². The van der Waals surface area contributed by atoms with Crippen molar-refractivity contribution >= 4 is 18.2 Å². The molecule has 2 amide bonds. The highest BCUT2D eigenvalue weighted by molar-refractivity contribution is 5.81. The second-order valence-electron chi connectivity index (χ2n) is 4.75. The summed E-state index contributed by atoms with van der Waals surface area (Å²) in [5.74, 6) is -1.09. The Hall–Kier alpha value is -1.99. The standard InChI is InChI=1S/C11H18N2O6/c1-7(2)6-19-11(18)12-3-4-13(10(16)17)8(5-12)9(14)15/h7-8H,3-6H2,1-2H3,(H,14,15)(H,16,17). The SMILES string of the molecule is CC(C)COC(=O)N1CCN(C(=O)O)C(C(=O)O)C1. The van der Waals surface area contributed by atoms with Crippen LogP contribution in [-0.4, -0.2) is 70.5 Å².